The number of alkyl halides is 3. The van der Waals surface area contributed by atoms with Gasteiger partial charge in [0.25, 0.3) is 0 Å². The van der Waals surface area contributed by atoms with Gasteiger partial charge in [-0.05, 0) is 42.0 Å². The molecule has 0 aromatic heterocycles. The summed E-state index contributed by atoms with van der Waals surface area (Å²) in [5.41, 5.74) is 0.311. The first-order valence-corrected chi connectivity index (χ1v) is 8.63. The highest BCUT2D eigenvalue weighted by molar-refractivity contribution is 6.31. The Morgan fingerprint density at radius 2 is 2.00 bits per heavy atom. The molecule has 0 radical (unpaired) electrons. The van der Waals surface area contributed by atoms with E-state index in [0.29, 0.717) is 24.5 Å². The average molecular weight is 410 g/mol. The predicted molar refractivity (Wildman–Crippen MR) is 101 cm³/mol. The molecule has 3 rings (SSSR count). The lowest BCUT2D eigenvalue weighted by molar-refractivity contribution is -0.137. The van der Waals surface area contributed by atoms with E-state index in [-0.39, 0.29) is 11.6 Å². The number of nitrogens with one attached hydrogen (secondary N) is 2. The van der Waals surface area contributed by atoms with Crippen molar-refractivity contribution < 1.29 is 22.8 Å². The summed E-state index contributed by atoms with van der Waals surface area (Å²) in [6.45, 7) is 1.06. The Labute approximate surface area is 163 Å². The molecule has 2 aromatic carbocycles. The number of urea groups is 1. The van der Waals surface area contributed by atoms with Gasteiger partial charge in [0, 0.05) is 30.5 Å². The first-order chi connectivity index (χ1) is 13.2. The molecule has 0 unspecified atom stereocenters. The van der Waals surface area contributed by atoms with Crippen molar-refractivity contribution in [2.45, 2.75) is 6.18 Å². The standard InChI is InChI=1S/C19H15ClF3N3O2/c20-16-6-4-12(10-15(16)19(21,22)23)5-7-17(27)25-13-2-1-3-14(11-13)26-9-8-24-18(26)28/h1-7,10-11H,8-9H2,(H,24,28)(H,25,27)/b7-5+. The van der Waals surface area contributed by atoms with Gasteiger partial charge in [-0.25, -0.2) is 4.79 Å². The van der Waals surface area contributed by atoms with Crippen LogP contribution >= 0.6 is 11.6 Å². The molecule has 1 saturated heterocycles. The smallest absolute Gasteiger partial charge is 0.336 e. The number of rotatable bonds is 4. The summed E-state index contributed by atoms with van der Waals surface area (Å²) in [6.07, 6.45) is -2.19. The van der Waals surface area contributed by atoms with Gasteiger partial charge in [0.15, 0.2) is 0 Å². The van der Waals surface area contributed by atoms with Crippen LogP contribution in [-0.4, -0.2) is 25.0 Å². The Hall–Kier alpha value is -3.00. The summed E-state index contributed by atoms with van der Waals surface area (Å²) >= 11 is 5.57. The molecule has 9 heteroatoms. The zero-order chi connectivity index (χ0) is 20.3. The van der Waals surface area contributed by atoms with Gasteiger partial charge in [0.05, 0.1) is 10.6 Å². The fourth-order valence-electron chi connectivity index (χ4n) is 2.69. The van der Waals surface area contributed by atoms with Crippen LogP contribution in [0, 0.1) is 0 Å². The molecule has 0 aliphatic carbocycles. The van der Waals surface area contributed by atoms with Crippen LogP contribution in [0.15, 0.2) is 48.5 Å². The van der Waals surface area contributed by atoms with E-state index in [4.69, 9.17) is 11.6 Å². The summed E-state index contributed by atoms with van der Waals surface area (Å²) in [5.74, 6) is -0.522. The highest BCUT2D eigenvalue weighted by atomic mass is 35.5. The quantitative estimate of drug-likeness (QED) is 0.728. The van der Waals surface area contributed by atoms with Crippen molar-refractivity contribution in [3.8, 4) is 0 Å². The van der Waals surface area contributed by atoms with Gasteiger partial charge in [0.2, 0.25) is 5.91 Å². The van der Waals surface area contributed by atoms with Crippen LogP contribution in [-0.2, 0) is 11.0 Å². The normalized spacial score (nSPS) is 14.4. The lowest BCUT2D eigenvalue weighted by Gasteiger charge is -2.15. The Morgan fingerprint density at radius 1 is 1.21 bits per heavy atom. The molecule has 1 aliphatic rings. The number of benzene rings is 2. The number of amides is 3. The molecule has 0 bridgehead atoms. The molecule has 1 aliphatic heterocycles. The summed E-state index contributed by atoms with van der Waals surface area (Å²) in [4.78, 5) is 25.3. The van der Waals surface area contributed by atoms with E-state index in [2.05, 4.69) is 10.6 Å². The minimum absolute atomic E-state index is 0.189. The fraction of sp³-hybridized carbons (Fsp3) is 0.158. The van der Waals surface area contributed by atoms with Crippen LogP contribution in [0.2, 0.25) is 5.02 Å². The van der Waals surface area contributed by atoms with Crippen LogP contribution in [0.5, 0.6) is 0 Å². The minimum atomic E-state index is -4.58. The SMILES string of the molecule is O=C(/C=C/c1ccc(Cl)c(C(F)(F)F)c1)Nc1cccc(N2CCNC2=O)c1. The second-order valence-electron chi connectivity index (χ2n) is 5.99. The third kappa shape index (κ3) is 4.64. The third-order valence-corrected chi connectivity index (χ3v) is 4.33. The molecule has 3 amide bonds. The van der Waals surface area contributed by atoms with Gasteiger partial charge in [-0.2, -0.15) is 13.2 Å². The van der Waals surface area contributed by atoms with Gasteiger partial charge in [-0.1, -0.05) is 23.7 Å². The molecule has 0 spiro atoms. The van der Waals surface area contributed by atoms with Crippen LogP contribution in [0.1, 0.15) is 11.1 Å². The number of carbonyl (C=O) groups is 2. The van der Waals surface area contributed by atoms with Crippen LogP contribution in [0.3, 0.4) is 0 Å². The molecule has 0 saturated carbocycles. The van der Waals surface area contributed by atoms with Crippen molar-refractivity contribution in [2.24, 2.45) is 0 Å². The second-order valence-corrected chi connectivity index (χ2v) is 6.40. The summed E-state index contributed by atoms with van der Waals surface area (Å²) in [5, 5.41) is 4.89. The summed E-state index contributed by atoms with van der Waals surface area (Å²) in [6, 6.07) is 9.89. The van der Waals surface area contributed by atoms with Crippen molar-refractivity contribution in [1.29, 1.82) is 0 Å². The zero-order valence-electron chi connectivity index (χ0n) is 14.4. The Morgan fingerprint density at radius 3 is 2.68 bits per heavy atom. The number of hydrogen-bond donors (Lipinski definition) is 2. The average Bonchev–Trinajstić information content (AvgIpc) is 3.06. The molecule has 2 aromatic rings. The monoisotopic (exact) mass is 409 g/mol. The highest BCUT2D eigenvalue weighted by Gasteiger charge is 2.33. The molecule has 146 valence electrons. The van der Waals surface area contributed by atoms with Crippen molar-refractivity contribution >= 4 is 41.0 Å². The molecular formula is C19H15ClF3N3O2. The van der Waals surface area contributed by atoms with E-state index in [1.54, 1.807) is 24.3 Å². The zero-order valence-corrected chi connectivity index (χ0v) is 15.1. The second kappa shape index (κ2) is 7.93. The van der Waals surface area contributed by atoms with Gasteiger partial charge in [-0.15, -0.1) is 0 Å². The van der Waals surface area contributed by atoms with E-state index in [9.17, 15) is 22.8 Å². The number of nitrogens with zero attached hydrogens (tertiary/aromatic N) is 1. The Kier molecular flexibility index (Phi) is 5.60. The molecule has 5 nitrogen and oxygen atoms in total. The van der Waals surface area contributed by atoms with Gasteiger partial charge in [0.1, 0.15) is 0 Å². The van der Waals surface area contributed by atoms with Gasteiger partial charge in [-0.3, -0.25) is 9.69 Å². The minimum Gasteiger partial charge on any atom is -0.336 e. The molecule has 2 N–H and O–H groups in total. The maximum atomic E-state index is 12.9. The summed E-state index contributed by atoms with van der Waals surface area (Å²) < 4.78 is 38.7. The van der Waals surface area contributed by atoms with Crippen molar-refractivity contribution in [2.75, 3.05) is 23.3 Å². The predicted octanol–water partition coefficient (Wildman–Crippen LogP) is 4.54. The fourth-order valence-corrected chi connectivity index (χ4v) is 2.91. The van der Waals surface area contributed by atoms with Crippen molar-refractivity contribution in [3.63, 3.8) is 0 Å². The van der Waals surface area contributed by atoms with E-state index in [0.717, 1.165) is 18.2 Å². The first-order valence-electron chi connectivity index (χ1n) is 8.25. The highest BCUT2D eigenvalue weighted by Crippen LogP contribution is 2.35. The number of hydrogen-bond acceptors (Lipinski definition) is 2. The molecular weight excluding hydrogens is 395 g/mol. The maximum absolute atomic E-state index is 12.9. The van der Waals surface area contributed by atoms with E-state index < -0.39 is 22.7 Å². The first kappa shape index (κ1) is 19.8. The topological polar surface area (TPSA) is 61.4 Å². The Bertz CT molecular complexity index is 944. The maximum Gasteiger partial charge on any atom is 0.417 e. The summed E-state index contributed by atoms with van der Waals surface area (Å²) in [7, 11) is 0. The van der Waals surface area contributed by atoms with Gasteiger partial charge >= 0.3 is 12.2 Å². The van der Waals surface area contributed by atoms with Gasteiger partial charge < -0.3 is 10.6 Å². The molecule has 1 heterocycles. The van der Waals surface area contributed by atoms with Crippen molar-refractivity contribution in [1.82, 2.24) is 5.32 Å². The Balaban J connectivity index is 1.70. The number of halogens is 4. The number of carbonyl (C=O) groups excluding carboxylic acids is 2. The molecule has 28 heavy (non-hydrogen) atoms. The van der Waals surface area contributed by atoms with E-state index in [1.807, 2.05) is 0 Å². The molecule has 0 atom stereocenters. The largest absolute Gasteiger partial charge is 0.417 e. The van der Waals surface area contributed by atoms with Crippen molar-refractivity contribution in [3.05, 3.63) is 64.7 Å². The lowest BCUT2D eigenvalue weighted by atomic mass is 10.1. The van der Waals surface area contributed by atoms with Crippen LogP contribution in [0.25, 0.3) is 6.08 Å². The van der Waals surface area contributed by atoms with Crippen LogP contribution in [0.4, 0.5) is 29.3 Å². The third-order valence-electron chi connectivity index (χ3n) is 4.01. The van der Waals surface area contributed by atoms with E-state index in [1.165, 1.54) is 17.0 Å². The van der Waals surface area contributed by atoms with E-state index >= 15 is 0 Å². The van der Waals surface area contributed by atoms with Crippen LogP contribution < -0.4 is 15.5 Å². The lowest BCUT2D eigenvalue weighted by Crippen LogP contribution is -2.27. The number of anilines is 2. The molecule has 1 fully saturated rings.